The Hall–Kier alpha value is -3.08. The maximum Gasteiger partial charge on any atom is 0.241 e. The summed E-state index contributed by atoms with van der Waals surface area (Å²) in [7, 11) is 0. The second-order valence-electron chi connectivity index (χ2n) is 8.55. The van der Waals surface area contributed by atoms with E-state index in [-0.39, 0.29) is 18.0 Å². The van der Waals surface area contributed by atoms with E-state index in [1.54, 1.807) is 17.5 Å². The number of ether oxygens (including phenoxy) is 1. The minimum atomic E-state index is -0.153. The number of anilines is 2. The molecule has 9 nitrogen and oxygen atoms in total. The lowest BCUT2D eigenvalue weighted by molar-refractivity contribution is -0.117. The number of nitrogens with zero attached hydrogens (tertiary/aromatic N) is 4. The van der Waals surface area contributed by atoms with Gasteiger partial charge in [-0.3, -0.25) is 4.79 Å². The molecule has 1 amide bonds. The van der Waals surface area contributed by atoms with Crippen molar-refractivity contribution in [3.05, 3.63) is 29.9 Å². The van der Waals surface area contributed by atoms with Crippen LogP contribution >= 0.6 is 11.3 Å². The Morgan fingerprint density at radius 1 is 1.33 bits per heavy atom. The van der Waals surface area contributed by atoms with Crippen LogP contribution in [0.4, 0.5) is 11.5 Å². The van der Waals surface area contributed by atoms with Gasteiger partial charge in [-0.05, 0) is 38.4 Å². The number of nitrogens with one attached hydrogen (secondary N) is 3. The van der Waals surface area contributed by atoms with Gasteiger partial charge in [0.2, 0.25) is 5.91 Å². The summed E-state index contributed by atoms with van der Waals surface area (Å²) in [6.07, 6.45) is 5.51. The SMILES string of the molecule is C[C@@H]1COCCN1c1nc(-c2ccnc3[nH]ccc23)nc2c(NC(=O)[C@H]3CCCN3)csc12. The van der Waals surface area contributed by atoms with Gasteiger partial charge in [-0.25, -0.2) is 15.0 Å². The van der Waals surface area contributed by atoms with E-state index in [1.807, 2.05) is 23.7 Å². The first-order valence-electron chi connectivity index (χ1n) is 11.3. The van der Waals surface area contributed by atoms with E-state index in [9.17, 15) is 4.79 Å². The van der Waals surface area contributed by atoms with Crippen molar-refractivity contribution in [2.45, 2.75) is 31.8 Å². The van der Waals surface area contributed by atoms with Crippen LogP contribution in [-0.4, -0.2) is 64.2 Å². The molecule has 0 spiro atoms. The number of amides is 1. The van der Waals surface area contributed by atoms with Gasteiger partial charge in [0.05, 0.1) is 35.7 Å². The largest absolute Gasteiger partial charge is 0.377 e. The van der Waals surface area contributed by atoms with Crippen LogP contribution in [0.3, 0.4) is 0 Å². The number of aromatic amines is 1. The molecule has 170 valence electrons. The molecule has 0 saturated carbocycles. The van der Waals surface area contributed by atoms with Crippen LogP contribution < -0.4 is 15.5 Å². The third kappa shape index (κ3) is 3.64. The third-order valence-electron chi connectivity index (χ3n) is 6.37. The Bertz CT molecular complexity index is 1330. The summed E-state index contributed by atoms with van der Waals surface area (Å²) in [5, 5.41) is 9.32. The highest BCUT2D eigenvalue weighted by Gasteiger charge is 2.27. The summed E-state index contributed by atoms with van der Waals surface area (Å²) in [6.45, 7) is 5.09. The standard InChI is InChI=1S/C23H25N7O2S/c1-13-11-32-10-9-30(13)22-19-18(17(12-33-19)27-23(31)16-3-2-6-24-16)28-21(29-22)15-5-8-26-20-14(15)4-7-25-20/h4-5,7-8,12-13,16,24H,2-3,6,9-11H2,1H3,(H,25,26)(H,27,31)/t13-,16-/m1/s1. The lowest BCUT2D eigenvalue weighted by atomic mass is 10.1. The van der Waals surface area contributed by atoms with Gasteiger partial charge in [-0.2, -0.15) is 0 Å². The van der Waals surface area contributed by atoms with E-state index >= 15 is 0 Å². The monoisotopic (exact) mass is 463 g/mol. The average Bonchev–Trinajstić information content (AvgIpc) is 3.60. The van der Waals surface area contributed by atoms with Crippen molar-refractivity contribution in [3.63, 3.8) is 0 Å². The molecule has 2 aliphatic rings. The molecule has 6 rings (SSSR count). The molecule has 0 bridgehead atoms. The lowest BCUT2D eigenvalue weighted by Gasteiger charge is -2.34. The van der Waals surface area contributed by atoms with Crippen molar-refractivity contribution in [2.75, 3.05) is 36.5 Å². The summed E-state index contributed by atoms with van der Waals surface area (Å²) in [5.41, 5.74) is 3.21. The van der Waals surface area contributed by atoms with Crippen LogP contribution in [0.5, 0.6) is 0 Å². The molecule has 2 fully saturated rings. The molecule has 0 aromatic carbocycles. The second-order valence-corrected chi connectivity index (χ2v) is 9.43. The second kappa shape index (κ2) is 8.36. The fourth-order valence-corrected chi connectivity index (χ4v) is 5.57. The molecular weight excluding hydrogens is 438 g/mol. The Balaban J connectivity index is 1.50. The predicted octanol–water partition coefficient (Wildman–Crippen LogP) is 3.15. The molecule has 33 heavy (non-hydrogen) atoms. The van der Waals surface area contributed by atoms with Gasteiger partial charge < -0.3 is 25.3 Å². The van der Waals surface area contributed by atoms with Crippen molar-refractivity contribution >= 4 is 50.0 Å². The quantitative estimate of drug-likeness (QED) is 0.427. The Kier molecular flexibility index (Phi) is 5.20. The molecule has 10 heteroatoms. The zero-order chi connectivity index (χ0) is 22.4. The van der Waals surface area contributed by atoms with E-state index in [0.717, 1.165) is 64.2 Å². The van der Waals surface area contributed by atoms with Gasteiger partial charge in [-0.15, -0.1) is 11.3 Å². The summed E-state index contributed by atoms with van der Waals surface area (Å²) in [6, 6.07) is 3.97. The lowest BCUT2D eigenvalue weighted by Crippen LogP contribution is -2.44. The topological polar surface area (TPSA) is 108 Å². The van der Waals surface area contributed by atoms with E-state index < -0.39 is 0 Å². The van der Waals surface area contributed by atoms with Gasteiger partial charge in [-0.1, -0.05) is 0 Å². The molecule has 2 saturated heterocycles. The number of rotatable bonds is 4. The Morgan fingerprint density at radius 2 is 2.27 bits per heavy atom. The molecule has 0 radical (unpaired) electrons. The normalized spacial score (nSPS) is 21.2. The fraction of sp³-hybridized carbons (Fsp3) is 0.391. The first-order valence-corrected chi connectivity index (χ1v) is 12.2. The average molecular weight is 464 g/mol. The number of pyridine rings is 1. The van der Waals surface area contributed by atoms with Crippen molar-refractivity contribution in [1.82, 2.24) is 25.3 Å². The van der Waals surface area contributed by atoms with E-state index in [4.69, 9.17) is 14.7 Å². The van der Waals surface area contributed by atoms with Gasteiger partial charge in [0.25, 0.3) is 0 Å². The molecule has 2 aliphatic heterocycles. The molecule has 2 atom stereocenters. The number of thiophene rings is 1. The number of hydrogen-bond donors (Lipinski definition) is 3. The smallest absolute Gasteiger partial charge is 0.241 e. The minimum absolute atomic E-state index is 0.00871. The predicted molar refractivity (Wildman–Crippen MR) is 130 cm³/mol. The molecular formula is C23H25N7O2S. The Labute approximate surface area is 194 Å². The summed E-state index contributed by atoms with van der Waals surface area (Å²) >= 11 is 1.57. The number of carbonyl (C=O) groups is 1. The summed E-state index contributed by atoms with van der Waals surface area (Å²) in [5.74, 6) is 1.50. The molecule has 3 N–H and O–H groups in total. The molecule has 0 aliphatic carbocycles. The number of aromatic nitrogens is 4. The first kappa shape index (κ1) is 20.5. The minimum Gasteiger partial charge on any atom is -0.377 e. The molecule has 4 aromatic heterocycles. The molecule has 4 aromatic rings. The van der Waals surface area contributed by atoms with E-state index in [1.165, 1.54) is 0 Å². The van der Waals surface area contributed by atoms with E-state index in [2.05, 4.69) is 32.4 Å². The summed E-state index contributed by atoms with van der Waals surface area (Å²) < 4.78 is 6.64. The van der Waals surface area contributed by atoms with E-state index in [0.29, 0.717) is 19.0 Å². The van der Waals surface area contributed by atoms with Gasteiger partial charge in [0, 0.05) is 35.3 Å². The van der Waals surface area contributed by atoms with Crippen LogP contribution in [0.25, 0.3) is 32.6 Å². The molecule has 6 heterocycles. The van der Waals surface area contributed by atoms with Gasteiger partial charge in [0.15, 0.2) is 11.6 Å². The van der Waals surface area contributed by atoms with Crippen molar-refractivity contribution in [2.24, 2.45) is 0 Å². The number of fused-ring (bicyclic) bond motifs is 2. The highest BCUT2D eigenvalue weighted by atomic mass is 32.1. The zero-order valence-corrected chi connectivity index (χ0v) is 19.1. The number of morpholine rings is 1. The van der Waals surface area contributed by atoms with Gasteiger partial charge >= 0.3 is 0 Å². The van der Waals surface area contributed by atoms with Gasteiger partial charge in [0.1, 0.15) is 11.2 Å². The highest BCUT2D eigenvalue weighted by molar-refractivity contribution is 7.18. The van der Waals surface area contributed by atoms with Crippen LogP contribution in [0.1, 0.15) is 19.8 Å². The van der Waals surface area contributed by atoms with Crippen LogP contribution in [0.2, 0.25) is 0 Å². The fourth-order valence-electron chi connectivity index (χ4n) is 4.63. The van der Waals surface area contributed by atoms with Crippen molar-refractivity contribution in [3.8, 4) is 11.4 Å². The third-order valence-corrected chi connectivity index (χ3v) is 7.34. The Morgan fingerprint density at radius 3 is 3.12 bits per heavy atom. The number of H-pyrrole nitrogens is 1. The maximum absolute atomic E-state index is 12.8. The van der Waals surface area contributed by atoms with Crippen LogP contribution in [0, 0.1) is 0 Å². The zero-order valence-electron chi connectivity index (χ0n) is 18.3. The van der Waals surface area contributed by atoms with Crippen molar-refractivity contribution in [1.29, 1.82) is 0 Å². The number of carbonyl (C=O) groups excluding carboxylic acids is 1. The summed E-state index contributed by atoms with van der Waals surface area (Å²) in [4.78, 5) is 32.7. The van der Waals surface area contributed by atoms with Crippen LogP contribution in [0.15, 0.2) is 29.9 Å². The number of hydrogen-bond acceptors (Lipinski definition) is 8. The molecule has 0 unspecified atom stereocenters. The highest BCUT2D eigenvalue weighted by Crippen LogP contribution is 2.38. The van der Waals surface area contributed by atoms with Crippen molar-refractivity contribution < 1.29 is 9.53 Å². The maximum atomic E-state index is 12.8. The first-order chi connectivity index (χ1) is 16.2. The van der Waals surface area contributed by atoms with Crippen LogP contribution in [-0.2, 0) is 9.53 Å².